The molecule has 0 radical (unpaired) electrons. The lowest BCUT2D eigenvalue weighted by Gasteiger charge is -2.27. The maximum absolute atomic E-state index is 12.6. The summed E-state index contributed by atoms with van der Waals surface area (Å²) >= 11 is 0. The molecule has 2 aromatic rings. The van der Waals surface area contributed by atoms with E-state index in [9.17, 15) is 18.3 Å². The number of urea groups is 1. The van der Waals surface area contributed by atoms with Crippen LogP contribution in [0.15, 0.2) is 24.3 Å². The van der Waals surface area contributed by atoms with Crippen LogP contribution in [0.1, 0.15) is 19.0 Å². The number of aliphatic hydroxyl groups excluding tert-OH is 1. The summed E-state index contributed by atoms with van der Waals surface area (Å²) in [7, 11) is -3.11. The minimum absolute atomic E-state index is 0.0478. The summed E-state index contributed by atoms with van der Waals surface area (Å²) in [5.41, 5.74) is 1.77. The Morgan fingerprint density at radius 2 is 2.19 bits per heavy atom. The Kier molecular flexibility index (Phi) is 5.47. The van der Waals surface area contributed by atoms with Crippen molar-refractivity contribution in [2.75, 3.05) is 24.7 Å². The van der Waals surface area contributed by atoms with E-state index in [1.165, 1.54) is 4.90 Å². The van der Waals surface area contributed by atoms with E-state index >= 15 is 0 Å². The number of aromatic nitrogens is 2. The van der Waals surface area contributed by atoms with Gasteiger partial charge in [0.2, 0.25) is 0 Å². The third-order valence-electron chi connectivity index (χ3n) is 4.69. The lowest BCUT2D eigenvalue weighted by atomic mass is 10.2. The number of rotatable bonds is 6. The summed E-state index contributed by atoms with van der Waals surface area (Å²) < 4.78 is 25.3. The van der Waals surface area contributed by atoms with Gasteiger partial charge < -0.3 is 15.3 Å². The standard InChI is InChI=1S/C17H24N4O4S/c1-2-21-16-6-4-3-5-14(16)15(19-21)11-18-17(23)20(8-9-22)13-7-10-26(24,25)12-13/h3-6,13,22H,2,7-12H2,1H3,(H,18,23)/t13-/m1/s1. The average molecular weight is 380 g/mol. The Hall–Kier alpha value is -2.13. The zero-order valence-electron chi connectivity index (χ0n) is 14.8. The number of hydrogen-bond acceptors (Lipinski definition) is 5. The lowest BCUT2D eigenvalue weighted by molar-refractivity contribution is 0.157. The second kappa shape index (κ2) is 7.63. The number of benzene rings is 1. The average Bonchev–Trinajstić information content (AvgIpc) is 3.17. The number of carbonyl (C=O) groups excluding carboxylic acids is 1. The molecule has 9 heteroatoms. The van der Waals surface area contributed by atoms with Crippen molar-refractivity contribution in [1.29, 1.82) is 0 Å². The second-order valence-electron chi connectivity index (χ2n) is 6.41. The Labute approximate surface area is 152 Å². The van der Waals surface area contributed by atoms with Gasteiger partial charge in [-0.2, -0.15) is 5.10 Å². The summed E-state index contributed by atoms with van der Waals surface area (Å²) in [6, 6.07) is 7.05. The molecule has 1 aliphatic heterocycles. The van der Waals surface area contributed by atoms with Crippen molar-refractivity contribution in [2.24, 2.45) is 0 Å². The number of nitrogens with one attached hydrogen (secondary N) is 1. The van der Waals surface area contributed by atoms with Gasteiger partial charge in [-0.25, -0.2) is 13.2 Å². The van der Waals surface area contributed by atoms with E-state index in [0.717, 1.165) is 23.1 Å². The van der Waals surface area contributed by atoms with Gasteiger partial charge in [0.15, 0.2) is 9.84 Å². The van der Waals surface area contributed by atoms with Crippen LogP contribution in [-0.4, -0.2) is 64.9 Å². The molecule has 1 saturated heterocycles. The first kappa shape index (κ1) is 18.7. The first-order valence-corrected chi connectivity index (χ1v) is 10.6. The Balaban J connectivity index is 1.73. The number of nitrogens with zero attached hydrogens (tertiary/aromatic N) is 3. The van der Waals surface area contributed by atoms with Crippen LogP contribution < -0.4 is 5.32 Å². The number of carbonyl (C=O) groups is 1. The fourth-order valence-electron chi connectivity index (χ4n) is 3.41. The lowest BCUT2D eigenvalue weighted by Crippen LogP contribution is -2.47. The van der Waals surface area contributed by atoms with E-state index in [1.54, 1.807) is 0 Å². The third kappa shape index (κ3) is 3.83. The molecule has 0 bridgehead atoms. The summed E-state index contributed by atoms with van der Waals surface area (Å²) in [6.07, 6.45) is 0.406. The highest BCUT2D eigenvalue weighted by Crippen LogP contribution is 2.20. The first-order valence-electron chi connectivity index (χ1n) is 8.75. The van der Waals surface area contributed by atoms with E-state index in [2.05, 4.69) is 10.4 Å². The van der Waals surface area contributed by atoms with Crippen LogP contribution in [-0.2, 0) is 22.9 Å². The van der Waals surface area contributed by atoms with Crippen molar-refractivity contribution in [2.45, 2.75) is 32.5 Å². The number of aryl methyl sites for hydroxylation is 1. The smallest absolute Gasteiger partial charge is 0.318 e. The molecule has 2 amide bonds. The summed E-state index contributed by atoms with van der Waals surface area (Å²) in [6.45, 7) is 2.87. The van der Waals surface area contributed by atoms with E-state index in [-0.39, 0.29) is 37.2 Å². The molecular weight excluding hydrogens is 356 g/mol. The molecule has 8 nitrogen and oxygen atoms in total. The topological polar surface area (TPSA) is 105 Å². The molecule has 1 atom stereocenters. The number of amides is 2. The SMILES string of the molecule is CCn1nc(CNC(=O)N(CCO)[C@@H]2CCS(=O)(=O)C2)c2ccccc21. The highest BCUT2D eigenvalue weighted by molar-refractivity contribution is 7.91. The zero-order valence-corrected chi connectivity index (χ0v) is 15.6. The Bertz CT molecular complexity index is 893. The molecular formula is C17H24N4O4S. The molecule has 3 rings (SSSR count). The van der Waals surface area contributed by atoms with Crippen LogP contribution in [0.25, 0.3) is 10.9 Å². The Morgan fingerprint density at radius 3 is 2.85 bits per heavy atom. The normalized spacial score (nSPS) is 18.9. The quantitative estimate of drug-likeness (QED) is 0.769. The van der Waals surface area contributed by atoms with Gasteiger partial charge in [-0.1, -0.05) is 18.2 Å². The predicted octanol–water partition coefficient (Wildman–Crippen LogP) is 0.747. The van der Waals surface area contributed by atoms with Gasteiger partial charge in [-0.15, -0.1) is 0 Å². The van der Waals surface area contributed by atoms with Crippen LogP contribution in [0.5, 0.6) is 0 Å². The number of fused-ring (bicyclic) bond motifs is 1. The van der Waals surface area contributed by atoms with Gasteiger partial charge >= 0.3 is 6.03 Å². The fraction of sp³-hybridized carbons (Fsp3) is 0.529. The van der Waals surface area contributed by atoms with Crippen molar-refractivity contribution >= 4 is 26.8 Å². The second-order valence-corrected chi connectivity index (χ2v) is 8.64. The monoisotopic (exact) mass is 380 g/mol. The summed E-state index contributed by atoms with van der Waals surface area (Å²) in [4.78, 5) is 14.0. The van der Waals surface area contributed by atoms with Crippen molar-refractivity contribution < 1.29 is 18.3 Å². The van der Waals surface area contributed by atoms with Crippen LogP contribution in [0.4, 0.5) is 4.79 Å². The van der Waals surface area contributed by atoms with Gasteiger partial charge in [0, 0.05) is 24.5 Å². The fourth-order valence-corrected chi connectivity index (χ4v) is 5.14. The molecule has 0 spiro atoms. The molecule has 0 aliphatic carbocycles. The van der Waals surface area contributed by atoms with Crippen LogP contribution in [0.2, 0.25) is 0 Å². The van der Waals surface area contributed by atoms with Crippen molar-refractivity contribution in [3.63, 3.8) is 0 Å². The minimum atomic E-state index is -3.11. The maximum atomic E-state index is 12.6. The highest BCUT2D eigenvalue weighted by atomic mass is 32.2. The van der Waals surface area contributed by atoms with Gasteiger partial charge in [0.25, 0.3) is 0 Å². The van der Waals surface area contributed by atoms with Crippen molar-refractivity contribution in [3.8, 4) is 0 Å². The maximum Gasteiger partial charge on any atom is 0.318 e. The van der Waals surface area contributed by atoms with Gasteiger partial charge in [-0.3, -0.25) is 4.68 Å². The first-order chi connectivity index (χ1) is 12.4. The molecule has 1 aromatic carbocycles. The van der Waals surface area contributed by atoms with E-state index in [1.807, 2.05) is 35.9 Å². The number of para-hydroxylation sites is 1. The van der Waals surface area contributed by atoms with Crippen LogP contribution in [0.3, 0.4) is 0 Å². The van der Waals surface area contributed by atoms with Crippen molar-refractivity contribution in [1.82, 2.24) is 20.0 Å². The molecule has 2 N–H and O–H groups in total. The highest BCUT2D eigenvalue weighted by Gasteiger charge is 2.34. The summed E-state index contributed by atoms with van der Waals surface area (Å²) in [5, 5.41) is 17.6. The number of sulfone groups is 1. The van der Waals surface area contributed by atoms with Gasteiger partial charge in [0.1, 0.15) is 0 Å². The molecule has 1 aliphatic rings. The van der Waals surface area contributed by atoms with Crippen molar-refractivity contribution in [3.05, 3.63) is 30.0 Å². The zero-order chi connectivity index (χ0) is 18.7. The van der Waals surface area contributed by atoms with Gasteiger partial charge in [-0.05, 0) is 19.4 Å². The molecule has 1 fully saturated rings. The summed E-state index contributed by atoms with van der Waals surface area (Å²) in [5.74, 6) is 0.0340. The molecule has 2 heterocycles. The molecule has 0 saturated carbocycles. The largest absolute Gasteiger partial charge is 0.395 e. The van der Waals surface area contributed by atoms with Crippen LogP contribution in [0, 0.1) is 0 Å². The number of aliphatic hydroxyl groups is 1. The van der Waals surface area contributed by atoms with E-state index in [0.29, 0.717) is 6.42 Å². The Morgan fingerprint density at radius 1 is 1.42 bits per heavy atom. The third-order valence-corrected chi connectivity index (χ3v) is 6.44. The van der Waals surface area contributed by atoms with E-state index < -0.39 is 15.9 Å². The minimum Gasteiger partial charge on any atom is -0.395 e. The predicted molar refractivity (Wildman–Crippen MR) is 98.5 cm³/mol. The molecule has 0 unspecified atom stereocenters. The number of hydrogen-bond donors (Lipinski definition) is 2. The molecule has 1 aromatic heterocycles. The van der Waals surface area contributed by atoms with Gasteiger partial charge in [0.05, 0.1) is 35.9 Å². The van der Waals surface area contributed by atoms with E-state index in [4.69, 9.17) is 0 Å². The van der Waals surface area contributed by atoms with Crippen LogP contribution >= 0.6 is 0 Å². The molecule has 142 valence electrons. The molecule has 26 heavy (non-hydrogen) atoms.